The summed E-state index contributed by atoms with van der Waals surface area (Å²) >= 11 is 0. The van der Waals surface area contributed by atoms with Gasteiger partial charge in [-0.2, -0.15) is 0 Å². The first-order chi connectivity index (χ1) is 31.8. The smallest absolute Gasteiger partial charge is 0.0561 e. The van der Waals surface area contributed by atoms with Crippen LogP contribution < -0.4 is 9.80 Å². The molecule has 9 aromatic carbocycles. The van der Waals surface area contributed by atoms with Crippen LogP contribution in [0.15, 0.2) is 249 Å². The Bertz CT molecular complexity index is 3510. The van der Waals surface area contributed by atoms with E-state index in [2.05, 4.69) is 268 Å². The standard InChI is InChI=1S/C60H44N4/c1-5-17-45(18-6-1)61(51-37-39-55-53-25-13-15-27-57(53)63(59(55)41-51)47-21-9-3-10-22-47)49-33-29-43(30-34-49)44-31-35-50(36-32-44)62(46-19-7-2-8-20-46)52-38-40-56-54-26-14-16-28-58(54)64(60(56)42-52)48-23-11-4-12-24-48/h1-23,25-42,48H,24H2. The maximum atomic E-state index is 2.52. The monoisotopic (exact) mass is 820 g/mol. The molecular formula is C60H44N4. The Hall–Kier alpha value is -8.34. The van der Waals surface area contributed by atoms with Gasteiger partial charge in [0.05, 0.1) is 22.6 Å². The number of anilines is 6. The van der Waals surface area contributed by atoms with Gasteiger partial charge in [-0.15, -0.1) is 0 Å². The molecule has 12 rings (SSSR count). The minimum Gasteiger partial charge on any atom is -0.333 e. The van der Waals surface area contributed by atoms with Gasteiger partial charge >= 0.3 is 0 Å². The Morgan fingerprint density at radius 2 is 0.781 bits per heavy atom. The van der Waals surface area contributed by atoms with Crippen LogP contribution in [0.4, 0.5) is 34.1 Å². The van der Waals surface area contributed by atoms with E-state index in [-0.39, 0.29) is 6.04 Å². The van der Waals surface area contributed by atoms with Crippen LogP contribution in [0.3, 0.4) is 0 Å². The van der Waals surface area contributed by atoms with Gasteiger partial charge in [0.15, 0.2) is 0 Å². The second-order valence-corrected chi connectivity index (χ2v) is 16.5. The summed E-state index contributed by atoms with van der Waals surface area (Å²) in [5, 5.41) is 5.04. The number of hydrogen-bond acceptors (Lipinski definition) is 2. The predicted octanol–water partition coefficient (Wildman–Crippen LogP) is 16.6. The molecule has 0 saturated carbocycles. The lowest BCUT2D eigenvalue weighted by atomic mass is 10.0. The predicted molar refractivity (Wildman–Crippen MR) is 271 cm³/mol. The van der Waals surface area contributed by atoms with Gasteiger partial charge in [0.1, 0.15) is 0 Å². The van der Waals surface area contributed by atoms with E-state index in [0.717, 1.165) is 57.4 Å². The Labute approximate surface area is 373 Å². The highest BCUT2D eigenvalue weighted by atomic mass is 15.2. The molecular weight excluding hydrogens is 777 g/mol. The van der Waals surface area contributed by atoms with Gasteiger partial charge in [0.25, 0.3) is 0 Å². The van der Waals surface area contributed by atoms with E-state index in [1.165, 1.54) is 43.6 Å². The topological polar surface area (TPSA) is 16.3 Å². The lowest BCUT2D eigenvalue weighted by molar-refractivity contribution is 0.648. The molecule has 0 bridgehead atoms. The highest BCUT2D eigenvalue weighted by molar-refractivity contribution is 6.11. The number of hydrogen-bond donors (Lipinski definition) is 0. The van der Waals surface area contributed by atoms with E-state index >= 15 is 0 Å². The third-order valence-electron chi connectivity index (χ3n) is 12.8. The summed E-state index contributed by atoms with van der Waals surface area (Å²) < 4.78 is 4.90. The molecule has 1 unspecified atom stereocenters. The van der Waals surface area contributed by atoms with Crippen LogP contribution in [0.1, 0.15) is 12.5 Å². The number of rotatable bonds is 9. The van der Waals surface area contributed by atoms with E-state index in [0.29, 0.717) is 0 Å². The molecule has 0 aliphatic heterocycles. The van der Waals surface area contributed by atoms with Crippen molar-refractivity contribution in [3.8, 4) is 16.8 Å². The first kappa shape index (κ1) is 37.4. The zero-order valence-corrected chi connectivity index (χ0v) is 35.2. The Kier molecular flexibility index (Phi) is 9.27. The fourth-order valence-electron chi connectivity index (χ4n) is 9.85. The molecule has 1 atom stereocenters. The van der Waals surface area contributed by atoms with Crippen LogP contribution in [0.2, 0.25) is 0 Å². The number of nitrogens with zero attached hydrogens (tertiary/aromatic N) is 4. The second kappa shape index (κ2) is 15.8. The van der Waals surface area contributed by atoms with Crippen LogP contribution >= 0.6 is 0 Å². The molecule has 11 aromatic rings. The van der Waals surface area contributed by atoms with Crippen molar-refractivity contribution in [3.63, 3.8) is 0 Å². The molecule has 0 saturated heterocycles. The zero-order chi connectivity index (χ0) is 42.4. The molecule has 64 heavy (non-hydrogen) atoms. The fraction of sp³-hybridized carbons (Fsp3) is 0.0333. The van der Waals surface area contributed by atoms with Crippen molar-refractivity contribution in [1.29, 1.82) is 0 Å². The number of fused-ring (bicyclic) bond motifs is 6. The van der Waals surface area contributed by atoms with Gasteiger partial charge in [-0.25, -0.2) is 0 Å². The van der Waals surface area contributed by atoms with E-state index in [1.807, 2.05) is 0 Å². The summed E-state index contributed by atoms with van der Waals surface area (Å²) in [6, 6.07) is 81.6. The van der Waals surface area contributed by atoms with Gasteiger partial charge in [-0.05, 0) is 115 Å². The summed E-state index contributed by atoms with van der Waals surface area (Å²) in [5.74, 6) is 0. The van der Waals surface area contributed by atoms with Crippen molar-refractivity contribution in [2.24, 2.45) is 0 Å². The highest BCUT2D eigenvalue weighted by Crippen LogP contribution is 2.43. The summed E-state index contributed by atoms with van der Waals surface area (Å²) in [6.07, 6.45) is 9.89. The van der Waals surface area contributed by atoms with Crippen molar-refractivity contribution < 1.29 is 0 Å². The minimum absolute atomic E-state index is 0.259. The van der Waals surface area contributed by atoms with Crippen molar-refractivity contribution >= 4 is 77.7 Å². The first-order valence-corrected chi connectivity index (χ1v) is 22.1. The summed E-state index contributed by atoms with van der Waals surface area (Å²) in [6.45, 7) is 0. The van der Waals surface area contributed by atoms with Crippen molar-refractivity contribution in [2.75, 3.05) is 9.80 Å². The largest absolute Gasteiger partial charge is 0.333 e. The zero-order valence-electron chi connectivity index (χ0n) is 35.2. The SMILES string of the molecule is C1=CCC(n2c3ccccc3c3ccc(N(c4ccccc4)c4ccc(-c5ccc(N(c6ccccc6)c6ccc7c8ccccc8n(-c8ccccc8)c7c6)cc5)cc4)cc32)C=C1. The molecule has 4 nitrogen and oxygen atoms in total. The van der Waals surface area contributed by atoms with Crippen LogP contribution in [-0.2, 0) is 0 Å². The van der Waals surface area contributed by atoms with Crippen molar-refractivity contribution in [2.45, 2.75) is 12.5 Å². The van der Waals surface area contributed by atoms with Crippen molar-refractivity contribution in [3.05, 3.63) is 249 Å². The molecule has 4 heteroatoms. The van der Waals surface area contributed by atoms with Gasteiger partial charge in [-0.3, -0.25) is 0 Å². The maximum absolute atomic E-state index is 2.52. The lowest BCUT2D eigenvalue weighted by Gasteiger charge is -2.27. The Morgan fingerprint density at radius 1 is 0.344 bits per heavy atom. The number of benzene rings is 9. The average Bonchev–Trinajstić information content (AvgIpc) is 3.88. The highest BCUT2D eigenvalue weighted by Gasteiger charge is 2.21. The molecule has 1 aliphatic carbocycles. The quantitative estimate of drug-likeness (QED) is 0.144. The van der Waals surface area contributed by atoms with E-state index in [1.54, 1.807) is 0 Å². The Balaban J connectivity index is 0.908. The summed E-state index contributed by atoms with van der Waals surface area (Å²) in [4.78, 5) is 4.73. The van der Waals surface area contributed by atoms with E-state index in [9.17, 15) is 0 Å². The molecule has 0 fully saturated rings. The number of para-hydroxylation sites is 5. The molecule has 0 amide bonds. The number of allylic oxidation sites excluding steroid dienone is 4. The van der Waals surface area contributed by atoms with Crippen LogP contribution in [0.25, 0.3) is 60.4 Å². The minimum atomic E-state index is 0.259. The molecule has 0 radical (unpaired) electrons. The first-order valence-electron chi connectivity index (χ1n) is 22.1. The number of aromatic nitrogens is 2. The lowest BCUT2D eigenvalue weighted by Crippen LogP contribution is -2.11. The van der Waals surface area contributed by atoms with Gasteiger partial charge in [0.2, 0.25) is 0 Å². The maximum Gasteiger partial charge on any atom is 0.0561 e. The molecule has 2 heterocycles. The van der Waals surface area contributed by atoms with Crippen LogP contribution in [-0.4, -0.2) is 9.13 Å². The Morgan fingerprint density at radius 3 is 1.34 bits per heavy atom. The molecule has 0 N–H and O–H groups in total. The summed E-state index contributed by atoms with van der Waals surface area (Å²) in [5.41, 5.74) is 15.0. The fourth-order valence-corrected chi connectivity index (χ4v) is 9.85. The van der Waals surface area contributed by atoms with Gasteiger partial charge in [0, 0.05) is 66.9 Å². The van der Waals surface area contributed by atoms with Gasteiger partial charge in [-0.1, -0.05) is 152 Å². The normalized spacial score (nSPS) is 13.6. The van der Waals surface area contributed by atoms with Crippen molar-refractivity contribution in [1.82, 2.24) is 9.13 Å². The van der Waals surface area contributed by atoms with E-state index in [4.69, 9.17) is 0 Å². The van der Waals surface area contributed by atoms with Gasteiger partial charge < -0.3 is 18.9 Å². The van der Waals surface area contributed by atoms with E-state index < -0.39 is 0 Å². The third-order valence-corrected chi connectivity index (χ3v) is 12.8. The van der Waals surface area contributed by atoms with Crippen LogP contribution in [0.5, 0.6) is 0 Å². The third kappa shape index (κ3) is 6.47. The second-order valence-electron chi connectivity index (χ2n) is 16.5. The molecule has 0 spiro atoms. The molecule has 1 aliphatic rings. The summed E-state index contributed by atoms with van der Waals surface area (Å²) in [7, 11) is 0. The van der Waals surface area contributed by atoms with Crippen LogP contribution in [0, 0.1) is 0 Å². The molecule has 2 aromatic heterocycles. The molecule has 304 valence electrons. The average molecular weight is 821 g/mol.